The molecule has 1 heterocycles. The predicted molar refractivity (Wildman–Crippen MR) is 104 cm³/mol. The molecule has 0 amide bonds. The van der Waals surface area contributed by atoms with Crippen molar-refractivity contribution in [1.29, 1.82) is 0 Å². The Bertz CT molecular complexity index is 929. The van der Waals surface area contributed by atoms with Crippen molar-refractivity contribution in [3.05, 3.63) is 57.1 Å². The van der Waals surface area contributed by atoms with Crippen LogP contribution >= 0.6 is 0 Å². The molecule has 154 valence electrons. The van der Waals surface area contributed by atoms with Crippen molar-refractivity contribution in [1.82, 2.24) is 4.90 Å². The van der Waals surface area contributed by atoms with Crippen LogP contribution in [0.4, 0.5) is 5.69 Å². The smallest absolute Gasteiger partial charge is 0.341 e. The number of para-hydroxylation sites is 1. The van der Waals surface area contributed by atoms with E-state index in [4.69, 9.17) is 18.9 Å². The molecule has 29 heavy (non-hydrogen) atoms. The van der Waals surface area contributed by atoms with Crippen molar-refractivity contribution >= 4 is 11.7 Å². The molecule has 3 rings (SSSR count). The molecule has 0 aromatic heterocycles. The number of methoxy groups -OCH3 is 3. The third kappa shape index (κ3) is 4.24. The fourth-order valence-electron chi connectivity index (χ4n) is 3.33. The summed E-state index contributed by atoms with van der Waals surface area (Å²) in [5.41, 5.74) is 1.63. The van der Waals surface area contributed by atoms with Crippen LogP contribution in [0, 0.1) is 10.1 Å². The standard InChI is InChI=1S/C20H22N2O7/c1-26-17-9-14(16(22(24)25)10-18(17)27-2)12-21-7-8-29-19-13(11-21)5-4-6-15(19)20(23)28-3/h4-6,9-10H,7-8,11-12H2,1-3H3. The third-order valence-electron chi connectivity index (χ3n) is 4.73. The molecule has 9 nitrogen and oxygen atoms in total. The molecule has 0 saturated heterocycles. The molecule has 0 saturated carbocycles. The van der Waals surface area contributed by atoms with Gasteiger partial charge in [0.25, 0.3) is 5.69 Å². The average molecular weight is 402 g/mol. The lowest BCUT2D eigenvalue weighted by atomic mass is 10.1. The van der Waals surface area contributed by atoms with Crippen LogP contribution in [-0.2, 0) is 17.8 Å². The number of hydrogen-bond donors (Lipinski definition) is 0. The third-order valence-corrected chi connectivity index (χ3v) is 4.73. The Balaban J connectivity index is 1.92. The van der Waals surface area contributed by atoms with E-state index in [0.29, 0.717) is 54.6 Å². The zero-order valence-corrected chi connectivity index (χ0v) is 16.5. The van der Waals surface area contributed by atoms with E-state index < -0.39 is 10.9 Å². The van der Waals surface area contributed by atoms with Gasteiger partial charge in [-0.05, 0) is 12.1 Å². The van der Waals surface area contributed by atoms with Crippen molar-refractivity contribution in [2.24, 2.45) is 0 Å². The van der Waals surface area contributed by atoms with E-state index in [-0.39, 0.29) is 5.69 Å². The number of esters is 1. The van der Waals surface area contributed by atoms with Gasteiger partial charge in [-0.25, -0.2) is 4.79 Å². The van der Waals surface area contributed by atoms with Gasteiger partial charge in [-0.15, -0.1) is 0 Å². The van der Waals surface area contributed by atoms with Gasteiger partial charge < -0.3 is 18.9 Å². The number of hydrogen-bond acceptors (Lipinski definition) is 8. The monoisotopic (exact) mass is 402 g/mol. The van der Waals surface area contributed by atoms with E-state index in [2.05, 4.69) is 0 Å². The second-order valence-corrected chi connectivity index (χ2v) is 6.44. The lowest BCUT2D eigenvalue weighted by molar-refractivity contribution is -0.385. The van der Waals surface area contributed by atoms with E-state index in [1.54, 1.807) is 18.2 Å². The summed E-state index contributed by atoms with van der Waals surface area (Å²) in [5, 5.41) is 11.6. The Morgan fingerprint density at radius 3 is 2.59 bits per heavy atom. The first kappa shape index (κ1) is 20.4. The summed E-state index contributed by atoms with van der Waals surface area (Å²) in [5.74, 6) is 0.747. The lowest BCUT2D eigenvalue weighted by Crippen LogP contribution is -2.25. The first-order valence-electron chi connectivity index (χ1n) is 8.93. The number of carbonyl (C=O) groups excluding carboxylic acids is 1. The summed E-state index contributed by atoms with van der Waals surface area (Å²) in [6.07, 6.45) is 0. The molecule has 1 aliphatic rings. The van der Waals surface area contributed by atoms with E-state index >= 15 is 0 Å². The number of nitro benzene ring substituents is 1. The molecular formula is C20H22N2O7. The van der Waals surface area contributed by atoms with E-state index in [9.17, 15) is 14.9 Å². The highest BCUT2D eigenvalue weighted by molar-refractivity contribution is 5.93. The molecule has 9 heteroatoms. The molecule has 0 spiro atoms. The Morgan fingerprint density at radius 1 is 1.21 bits per heavy atom. The molecule has 1 aliphatic heterocycles. The molecule has 0 atom stereocenters. The van der Waals surface area contributed by atoms with Crippen molar-refractivity contribution < 1.29 is 28.7 Å². The molecule has 0 aliphatic carbocycles. The van der Waals surface area contributed by atoms with Crippen molar-refractivity contribution in [2.45, 2.75) is 13.1 Å². The zero-order valence-electron chi connectivity index (χ0n) is 16.5. The van der Waals surface area contributed by atoms with Crippen molar-refractivity contribution in [3.63, 3.8) is 0 Å². The maximum atomic E-state index is 12.0. The van der Waals surface area contributed by atoms with Crippen LogP contribution < -0.4 is 14.2 Å². The molecule has 0 fully saturated rings. The molecule has 0 radical (unpaired) electrons. The molecule has 2 aromatic rings. The fraction of sp³-hybridized carbons (Fsp3) is 0.350. The Hall–Kier alpha value is -3.33. The fourth-order valence-corrected chi connectivity index (χ4v) is 3.33. The van der Waals surface area contributed by atoms with Crippen LogP contribution in [0.3, 0.4) is 0 Å². The molecular weight excluding hydrogens is 380 g/mol. The van der Waals surface area contributed by atoms with E-state index in [0.717, 1.165) is 5.56 Å². The number of nitro groups is 1. The van der Waals surface area contributed by atoms with Crippen LogP contribution in [0.5, 0.6) is 17.2 Å². The van der Waals surface area contributed by atoms with Crippen LogP contribution in [0.25, 0.3) is 0 Å². The maximum Gasteiger partial charge on any atom is 0.341 e. The van der Waals surface area contributed by atoms with E-state index in [1.165, 1.54) is 27.4 Å². The highest BCUT2D eigenvalue weighted by Crippen LogP contribution is 2.36. The summed E-state index contributed by atoms with van der Waals surface area (Å²) in [6, 6.07) is 8.26. The van der Waals surface area contributed by atoms with Gasteiger partial charge in [0.15, 0.2) is 11.5 Å². The zero-order chi connectivity index (χ0) is 21.0. The van der Waals surface area contributed by atoms with Crippen LogP contribution in [0.15, 0.2) is 30.3 Å². The second kappa shape index (κ2) is 8.78. The topological polar surface area (TPSA) is 100 Å². The quantitative estimate of drug-likeness (QED) is 0.413. The van der Waals surface area contributed by atoms with Crippen molar-refractivity contribution in [3.8, 4) is 17.2 Å². The SMILES string of the molecule is COC(=O)c1cccc2c1OCCN(Cc1cc(OC)c(OC)cc1[N+](=O)[O-])C2. The second-order valence-electron chi connectivity index (χ2n) is 6.44. The molecule has 0 bridgehead atoms. The number of ether oxygens (including phenoxy) is 4. The summed E-state index contributed by atoms with van der Waals surface area (Å²) in [6.45, 7) is 1.64. The summed E-state index contributed by atoms with van der Waals surface area (Å²) < 4.78 is 21.1. The Kier molecular flexibility index (Phi) is 6.18. The lowest BCUT2D eigenvalue weighted by Gasteiger charge is -2.20. The minimum Gasteiger partial charge on any atom is -0.493 e. The Morgan fingerprint density at radius 2 is 1.93 bits per heavy atom. The largest absolute Gasteiger partial charge is 0.493 e. The highest BCUT2D eigenvalue weighted by atomic mass is 16.6. The summed E-state index contributed by atoms with van der Waals surface area (Å²) in [4.78, 5) is 25.1. The maximum absolute atomic E-state index is 12.0. The van der Waals surface area contributed by atoms with Gasteiger partial charge >= 0.3 is 5.97 Å². The summed E-state index contributed by atoms with van der Waals surface area (Å²) >= 11 is 0. The average Bonchev–Trinajstić information content (AvgIpc) is 2.94. The van der Waals surface area contributed by atoms with Crippen LogP contribution in [0.2, 0.25) is 0 Å². The van der Waals surface area contributed by atoms with Gasteiger partial charge in [-0.2, -0.15) is 0 Å². The number of fused-ring (bicyclic) bond motifs is 1. The molecule has 0 unspecified atom stereocenters. The van der Waals surface area contributed by atoms with Gasteiger partial charge in [0.05, 0.1) is 32.3 Å². The number of benzene rings is 2. The number of carbonyl (C=O) groups is 1. The van der Waals surface area contributed by atoms with E-state index in [1.807, 2.05) is 11.0 Å². The van der Waals surface area contributed by atoms with Gasteiger partial charge in [-0.3, -0.25) is 15.0 Å². The number of rotatable bonds is 6. The van der Waals surface area contributed by atoms with Gasteiger partial charge in [0, 0.05) is 30.8 Å². The van der Waals surface area contributed by atoms with Gasteiger partial charge in [0.2, 0.25) is 0 Å². The minimum atomic E-state index is -0.467. The van der Waals surface area contributed by atoms with Gasteiger partial charge in [-0.1, -0.05) is 12.1 Å². The predicted octanol–water partition coefficient (Wildman–Crippen LogP) is 2.79. The summed E-state index contributed by atoms with van der Waals surface area (Å²) in [7, 11) is 4.24. The van der Waals surface area contributed by atoms with Crippen molar-refractivity contribution in [2.75, 3.05) is 34.5 Å². The first-order valence-corrected chi connectivity index (χ1v) is 8.93. The molecule has 2 aromatic carbocycles. The normalized spacial score (nSPS) is 13.6. The minimum absolute atomic E-state index is 0.0450. The molecule has 0 N–H and O–H groups in total. The number of nitrogens with zero attached hydrogens (tertiary/aromatic N) is 2. The Labute approximate surface area is 167 Å². The van der Waals surface area contributed by atoms with Crippen LogP contribution in [0.1, 0.15) is 21.5 Å². The van der Waals surface area contributed by atoms with Crippen LogP contribution in [-0.4, -0.2) is 50.3 Å². The highest BCUT2D eigenvalue weighted by Gasteiger charge is 2.25. The first-order chi connectivity index (χ1) is 14.0. The van der Waals surface area contributed by atoms with Gasteiger partial charge in [0.1, 0.15) is 17.9 Å².